The Bertz CT molecular complexity index is 590. The number of likely N-dealkylation sites (tertiary alicyclic amines) is 1. The first-order chi connectivity index (χ1) is 10.6. The van der Waals surface area contributed by atoms with Crippen LogP contribution in [0.4, 0.5) is 4.39 Å². The molecule has 22 heavy (non-hydrogen) atoms. The molecule has 1 aliphatic heterocycles. The highest BCUT2D eigenvalue weighted by Crippen LogP contribution is 2.49. The lowest BCUT2D eigenvalue weighted by atomic mass is 9.98. The van der Waals surface area contributed by atoms with Crippen LogP contribution in [0.25, 0.3) is 0 Å². The summed E-state index contributed by atoms with van der Waals surface area (Å²) in [5.41, 5.74) is 6.18. The van der Waals surface area contributed by atoms with Crippen molar-refractivity contribution in [3.05, 3.63) is 35.6 Å². The fourth-order valence-corrected chi connectivity index (χ4v) is 3.52. The van der Waals surface area contributed by atoms with Crippen molar-refractivity contribution in [3.8, 4) is 0 Å². The van der Waals surface area contributed by atoms with E-state index in [4.69, 9.17) is 5.73 Å². The van der Waals surface area contributed by atoms with Crippen LogP contribution in [0.2, 0.25) is 0 Å². The summed E-state index contributed by atoms with van der Waals surface area (Å²) < 4.78 is 13.3. The Balaban J connectivity index is 1.67. The van der Waals surface area contributed by atoms with Crippen LogP contribution in [-0.4, -0.2) is 29.3 Å². The van der Waals surface area contributed by atoms with Gasteiger partial charge in [0.25, 0.3) is 0 Å². The zero-order valence-corrected chi connectivity index (χ0v) is 12.5. The first-order valence-electron chi connectivity index (χ1n) is 7.90. The monoisotopic (exact) mass is 304 g/mol. The summed E-state index contributed by atoms with van der Waals surface area (Å²) in [7, 11) is 0. The number of hydrogen-bond donors (Lipinski definition) is 1. The van der Waals surface area contributed by atoms with Crippen LogP contribution < -0.4 is 5.73 Å². The van der Waals surface area contributed by atoms with Crippen LogP contribution in [0.1, 0.15) is 43.6 Å². The highest BCUT2D eigenvalue weighted by molar-refractivity contribution is 5.84. The summed E-state index contributed by atoms with van der Waals surface area (Å²) in [5, 5.41) is 0. The summed E-state index contributed by atoms with van der Waals surface area (Å²) in [6, 6.07) is 6.41. The third-order valence-electron chi connectivity index (χ3n) is 4.73. The molecule has 5 heteroatoms. The number of amides is 2. The standard InChI is InChI=1S/C17H21FN2O2/c18-12-5-3-4-11(8-12)14-10-15(14)17(22)20-7-2-1-6-13(20)9-16(19)21/h3-5,8,13-15H,1-2,6-7,9-10H2,(H2,19,21)/t13-,14+,15+/m0/s1. The molecule has 1 aromatic carbocycles. The van der Waals surface area contributed by atoms with Crippen molar-refractivity contribution in [2.75, 3.05) is 6.54 Å². The number of carbonyl (C=O) groups is 2. The highest BCUT2D eigenvalue weighted by atomic mass is 19.1. The second-order valence-corrected chi connectivity index (χ2v) is 6.36. The summed E-state index contributed by atoms with van der Waals surface area (Å²) in [6.45, 7) is 0.698. The smallest absolute Gasteiger partial charge is 0.226 e. The Morgan fingerprint density at radius 1 is 1.32 bits per heavy atom. The van der Waals surface area contributed by atoms with Crippen LogP contribution in [0.3, 0.4) is 0 Å². The van der Waals surface area contributed by atoms with E-state index in [9.17, 15) is 14.0 Å². The third kappa shape index (κ3) is 3.13. The van der Waals surface area contributed by atoms with Gasteiger partial charge in [-0.05, 0) is 49.3 Å². The summed E-state index contributed by atoms with van der Waals surface area (Å²) in [4.78, 5) is 25.7. The second kappa shape index (κ2) is 6.07. The SMILES string of the molecule is NC(=O)C[C@@H]1CCCCN1C(=O)[C@@H]1C[C@@H]1c1cccc(F)c1. The quantitative estimate of drug-likeness (QED) is 0.926. The lowest BCUT2D eigenvalue weighted by Gasteiger charge is -2.35. The van der Waals surface area contributed by atoms with Crippen LogP contribution in [0.15, 0.2) is 24.3 Å². The van der Waals surface area contributed by atoms with Crippen LogP contribution in [0.5, 0.6) is 0 Å². The van der Waals surface area contributed by atoms with E-state index in [1.54, 1.807) is 6.07 Å². The van der Waals surface area contributed by atoms with E-state index in [2.05, 4.69) is 0 Å². The number of piperidine rings is 1. The Morgan fingerprint density at radius 3 is 2.86 bits per heavy atom. The Labute approximate surface area is 129 Å². The zero-order chi connectivity index (χ0) is 15.7. The van der Waals surface area contributed by atoms with Crippen molar-refractivity contribution in [2.45, 2.75) is 44.1 Å². The van der Waals surface area contributed by atoms with Crippen LogP contribution in [0, 0.1) is 11.7 Å². The molecule has 0 spiro atoms. The van der Waals surface area contributed by atoms with Gasteiger partial charge in [-0.3, -0.25) is 9.59 Å². The molecule has 2 fully saturated rings. The fraction of sp³-hybridized carbons (Fsp3) is 0.529. The largest absolute Gasteiger partial charge is 0.370 e. The molecule has 3 atom stereocenters. The number of hydrogen-bond acceptors (Lipinski definition) is 2. The van der Waals surface area contributed by atoms with Gasteiger partial charge in [0.1, 0.15) is 5.82 Å². The molecule has 0 aromatic heterocycles. The van der Waals surface area contributed by atoms with Gasteiger partial charge in [0, 0.05) is 24.9 Å². The predicted octanol–water partition coefficient (Wildman–Crippen LogP) is 2.19. The zero-order valence-electron chi connectivity index (χ0n) is 12.5. The average molecular weight is 304 g/mol. The molecule has 2 amide bonds. The molecule has 118 valence electrons. The van der Waals surface area contributed by atoms with Gasteiger partial charge in [0.15, 0.2) is 0 Å². The summed E-state index contributed by atoms with van der Waals surface area (Å²) >= 11 is 0. The molecule has 2 N–H and O–H groups in total. The van der Waals surface area contributed by atoms with Crippen molar-refractivity contribution in [2.24, 2.45) is 11.7 Å². The number of benzene rings is 1. The van der Waals surface area contributed by atoms with Gasteiger partial charge in [-0.25, -0.2) is 4.39 Å². The average Bonchev–Trinajstić information content (AvgIpc) is 3.27. The normalized spacial score (nSPS) is 27.5. The third-order valence-corrected chi connectivity index (χ3v) is 4.73. The molecule has 0 unspecified atom stereocenters. The van der Waals surface area contributed by atoms with Gasteiger partial charge in [-0.15, -0.1) is 0 Å². The lowest BCUT2D eigenvalue weighted by Crippen LogP contribution is -2.46. The van der Waals surface area contributed by atoms with Crippen molar-refractivity contribution >= 4 is 11.8 Å². The second-order valence-electron chi connectivity index (χ2n) is 6.36. The van der Waals surface area contributed by atoms with Crippen LogP contribution in [-0.2, 0) is 9.59 Å². The number of primary amides is 1. The number of rotatable bonds is 4. The van der Waals surface area contributed by atoms with E-state index in [0.29, 0.717) is 6.54 Å². The topological polar surface area (TPSA) is 63.4 Å². The first kappa shape index (κ1) is 15.0. The minimum absolute atomic E-state index is 0.0625. The van der Waals surface area contributed by atoms with Crippen molar-refractivity contribution in [1.82, 2.24) is 4.90 Å². The fourth-order valence-electron chi connectivity index (χ4n) is 3.52. The summed E-state index contributed by atoms with van der Waals surface area (Å²) in [5.74, 6) is -0.489. The minimum atomic E-state index is -0.359. The molecule has 2 aliphatic rings. The van der Waals surface area contributed by atoms with E-state index in [1.807, 2.05) is 11.0 Å². The summed E-state index contributed by atoms with van der Waals surface area (Å²) in [6.07, 6.45) is 3.84. The van der Waals surface area contributed by atoms with E-state index in [-0.39, 0.29) is 41.9 Å². The van der Waals surface area contributed by atoms with Crippen molar-refractivity contribution in [3.63, 3.8) is 0 Å². The maximum absolute atomic E-state index is 13.3. The van der Waals surface area contributed by atoms with E-state index in [1.165, 1.54) is 12.1 Å². The van der Waals surface area contributed by atoms with Gasteiger partial charge < -0.3 is 10.6 Å². The van der Waals surface area contributed by atoms with Gasteiger partial charge in [-0.1, -0.05) is 12.1 Å². The molecule has 1 saturated heterocycles. The molecular formula is C17H21FN2O2. The molecule has 1 aromatic rings. The van der Waals surface area contributed by atoms with E-state index in [0.717, 1.165) is 31.2 Å². The van der Waals surface area contributed by atoms with Gasteiger partial charge >= 0.3 is 0 Å². The first-order valence-corrected chi connectivity index (χ1v) is 7.90. The molecule has 0 bridgehead atoms. The maximum atomic E-state index is 13.3. The molecular weight excluding hydrogens is 283 g/mol. The van der Waals surface area contributed by atoms with E-state index < -0.39 is 0 Å². The van der Waals surface area contributed by atoms with Gasteiger partial charge in [0.2, 0.25) is 11.8 Å². The Morgan fingerprint density at radius 2 is 2.14 bits per heavy atom. The van der Waals surface area contributed by atoms with Crippen LogP contribution >= 0.6 is 0 Å². The minimum Gasteiger partial charge on any atom is -0.370 e. The van der Waals surface area contributed by atoms with Crippen molar-refractivity contribution in [1.29, 1.82) is 0 Å². The molecule has 1 aliphatic carbocycles. The number of nitrogens with two attached hydrogens (primary N) is 1. The number of halogens is 1. The molecule has 3 rings (SSSR count). The Hall–Kier alpha value is -1.91. The molecule has 1 saturated carbocycles. The van der Waals surface area contributed by atoms with Gasteiger partial charge in [-0.2, -0.15) is 0 Å². The highest BCUT2D eigenvalue weighted by Gasteiger charge is 2.47. The van der Waals surface area contributed by atoms with Crippen molar-refractivity contribution < 1.29 is 14.0 Å². The molecule has 0 radical (unpaired) electrons. The molecule has 4 nitrogen and oxygen atoms in total. The van der Waals surface area contributed by atoms with Gasteiger partial charge in [0.05, 0.1) is 0 Å². The maximum Gasteiger partial charge on any atom is 0.226 e. The number of nitrogens with zero attached hydrogens (tertiary/aromatic N) is 1. The number of carbonyl (C=O) groups excluding carboxylic acids is 2. The van der Waals surface area contributed by atoms with E-state index >= 15 is 0 Å². The predicted molar refractivity (Wildman–Crippen MR) is 80.4 cm³/mol. The molecule has 1 heterocycles. The lowest BCUT2D eigenvalue weighted by molar-refractivity contribution is -0.137. The Kier molecular flexibility index (Phi) is 4.14.